The van der Waals surface area contributed by atoms with Crippen LogP contribution in [-0.2, 0) is 9.53 Å². The first-order valence-electron chi connectivity index (χ1n) is 5.95. The van der Waals surface area contributed by atoms with Crippen molar-refractivity contribution in [2.24, 2.45) is 5.92 Å². The topological polar surface area (TPSA) is 46.6 Å². The molecule has 0 N–H and O–H groups in total. The highest BCUT2D eigenvalue weighted by atomic mass is 16.6. The van der Waals surface area contributed by atoms with Gasteiger partial charge in [0.25, 0.3) is 0 Å². The van der Waals surface area contributed by atoms with E-state index in [1.165, 1.54) is 0 Å². The number of ketones is 1. The third-order valence-corrected chi connectivity index (χ3v) is 2.58. The van der Waals surface area contributed by atoms with Crippen molar-refractivity contribution in [2.75, 3.05) is 13.1 Å². The van der Waals surface area contributed by atoms with Crippen LogP contribution >= 0.6 is 0 Å². The van der Waals surface area contributed by atoms with Gasteiger partial charge in [-0.1, -0.05) is 6.08 Å². The third kappa shape index (κ3) is 4.21. The number of carbonyl (C=O) groups excluding carboxylic acids is 2. The molecule has 1 aliphatic heterocycles. The van der Waals surface area contributed by atoms with Crippen LogP contribution in [0.3, 0.4) is 0 Å². The van der Waals surface area contributed by atoms with Crippen molar-refractivity contribution in [1.29, 1.82) is 0 Å². The van der Waals surface area contributed by atoms with Gasteiger partial charge in [0.15, 0.2) is 0 Å². The maximum Gasteiger partial charge on any atom is 0.410 e. The van der Waals surface area contributed by atoms with E-state index >= 15 is 0 Å². The Hall–Kier alpha value is -1.32. The lowest BCUT2D eigenvalue weighted by Crippen LogP contribution is -2.54. The van der Waals surface area contributed by atoms with E-state index < -0.39 is 5.60 Å². The minimum Gasteiger partial charge on any atom is -0.444 e. The van der Waals surface area contributed by atoms with E-state index in [-0.39, 0.29) is 17.8 Å². The van der Waals surface area contributed by atoms with E-state index in [2.05, 4.69) is 6.58 Å². The number of nitrogens with zero attached hydrogens (tertiary/aromatic N) is 1. The zero-order valence-corrected chi connectivity index (χ0v) is 10.9. The molecule has 17 heavy (non-hydrogen) atoms. The van der Waals surface area contributed by atoms with E-state index in [1.807, 2.05) is 20.8 Å². The summed E-state index contributed by atoms with van der Waals surface area (Å²) < 4.78 is 5.21. The number of amides is 1. The Bertz CT molecular complexity index is 311. The number of hydrogen-bond acceptors (Lipinski definition) is 3. The van der Waals surface area contributed by atoms with Crippen LogP contribution in [0, 0.1) is 5.92 Å². The molecule has 0 unspecified atom stereocenters. The van der Waals surface area contributed by atoms with Crippen molar-refractivity contribution in [2.45, 2.75) is 39.2 Å². The molecule has 0 aromatic rings. The van der Waals surface area contributed by atoms with Crippen molar-refractivity contribution < 1.29 is 14.3 Å². The molecule has 0 spiro atoms. The lowest BCUT2D eigenvalue weighted by atomic mass is 9.93. The Labute approximate surface area is 103 Å². The molecule has 1 saturated heterocycles. The zero-order chi connectivity index (χ0) is 13.1. The van der Waals surface area contributed by atoms with E-state index in [0.29, 0.717) is 25.9 Å². The highest BCUT2D eigenvalue weighted by Gasteiger charge is 2.36. The van der Waals surface area contributed by atoms with Crippen LogP contribution < -0.4 is 0 Å². The third-order valence-electron chi connectivity index (χ3n) is 2.58. The van der Waals surface area contributed by atoms with Crippen LogP contribution in [0.15, 0.2) is 12.7 Å². The van der Waals surface area contributed by atoms with Crippen LogP contribution in [0.2, 0.25) is 0 Å². The van der Waals surface area contributed by atoms with Crippen molar-refractivity contribution in [3.63, 3.8) is 0 Å². The molecule has 4 nitrogen and oxygen atoms in total. The summed E-state index contributed by atoms with van der Waals surface area (Å²) in [7, 11) is 0. The molecule has 1 fully saturated rings. The molecule has 0 aliphatic carbocycles. The molecule has 0 atom stereocenters. The molecule has 1 amide bonds. The van der Waals surface area contributed by atoms with Gasteiger partial charge >= 0.3 is 6.09 Å². The van der Waals surface area contributed by atoms with Gasteiger partial charge in [-0.25, -0.2) is 4.79 Å². The van der Waals surface area contributed by atoms with E-state index in [9.17, 15) is 9.59 Å². The standard InChI is InChI=1S/C13H21NO3/c1-5-6-7-11(15)10-8-14(9-10)12(16)17-13(2,3)4/h5,10H,1,6-9H2,2-4H3. The summed E-state index contributed by atoms with van der Waals surface area (Å²) >= 11 is 0. The molecule has 0 aromatic heterocycles. The average molecular weight is 239 g/mol. The summed E-state index contributed by atoms with van der Waals surface area (Å²) in [6, 6.07) is 0. The number of Topliss-reactive ketones (excluding diaryl/α,β-unsaturated/α-hetero) is 1. The van der Waals surface area contributed by atoms with Gasteiger partial charge in [-0.05, 0) is 27.2 Å². The highest BCUT2D eigenvalue weighted by molar-refractivity contribution is 5.84. The van der Waals surface area contributed by atoms with Crippen LogP contribution in [0.5, 0.6) is 0 Å². The molecule has 1 rings (SSSR count). The smallest absolute Gasteiger partial charge is 0.410 e. The van der Waals surface area contributed by atoms with Gasteiger partial charge in [-0.2, -0.15) is 0 Å². The Morgan fingerprint density at radius 1 is 1.41 bits per heavy atom. The first kappa shape index (κ1) is 13.7. The second-order valence-electron chi connectivity index (χ2n) is 5.38. The number of carbonyl (C=O) groups is 2. The predicted octanol–water partition coefficient (Wildman–Crippen LogP) is 2.39. The Kier molecular flexibility index (Phi) is 4.32. The van der Waals surface area contributed by atoms with Crippen molar-refractivity contribution in [1.82, 2.24) is 4.90 Å². The molecule has 4 heteroatoms. The minimum atomic E-state index is -0.477. The average Bonchev–Trinajstić information content (AvgIpc) is 2.09. The molecule has 96 valence electrons. The first-order chi connectivity index (χ1) is 7.83. The van der Waals surface area contributed by atoms with E-state index in [4.69, 9.17) is 4.74 Å². The molecular weight excluding hydrogens is 218 g/mol. The maximum absolute atomic E-state index is 11.6. The number of hydrogen-bond donors (Lipinski definition) is 0. The SMILES string of the molecule is C=CCCC(=O)C1CN(C(=O)OC(C)(C)C)C1. The van der Waals surface area contributed by atoms with Crippen molar-refractivity contribution in [3.05, 3.63) is 12.7 Å². The quantitative estimate of drug-likeness (QED) is 0.708. The largest absolute Gasteiger partial charge is 0.444 e. The van der Waals surface area contributed by atoms with Gasteiger partial charge in [0.2, 0.25) is 0 Å². The molecule has 0 bridgehead atoms. The molecule has 0 saturated carbocycles. The zero-order valence-electron chi connectivity index (χ0n) is 10.9. The Morgan fingerprint density at radius 3 is 2.47 bits per heavy atom. The lowest BCUT2D eigenvalue weighted by Gasteiger charge is -2.38. The van der Waals surface area contributed by atoms with Crippen LogP contribution in [0.25, 0.3) is 0 Å². The normalized spacial score (nSPS) is 16.3. The Morgan fingerprint density at radius 2 is 2.00 bits per heavy atom. The van der Waals surface area contributed by atoms with Crippen LogP contribution in [0.4, 0.5) is 4.79 Å². The molecular formula is C13H21NO3. The fourth-order valence-electron chi connectivity index (χ4n) is 1.61. The van der Waals surface area contributed by atoms with Crippen molar-refractivity contribution >= 4 is 11.9 Å². The molecule has 0 aromatic carbocycles. The molecule has 1 aliphatic rings. The second kappa shape index (κ2) is 5.34. The second-order valence-corrected chi connectivity index (χ2v) is 5.38. The minimum absolute atomic E-state index is 0.0116. The first-order valence-corrected chi connectivity index (χ1v) is 5.95. The van der Waals surface area contributed by atoms with Gasteiger partial charge in [-0.15, -0.1) is 6.58 Å². The monoisotopic (exact) mass is 239 g/mol. The molecule has 0 radical (unpaired) electrons. The summed E-state index contributed by atoms with van der Waals surface area (Å²) in [5, 5.41) is 0. The Balaban J connectivity index is 2.29. The summed E-state index contributed by atoms with van der Waals surface area (Å²) in [4.78, 5) is 24.8. The fourth-order valence-corrected chi connectivity index (χ4v) is 1.61. The predicted molar refractivity (Wildman–Crippen MR) is 65.7 cm³/mol. The number of allylic oxidation sites excluding steroid dienone is 1. The van der Waals surface area contributed by atoms with Gasteiger partial charge in [0.05, 0.1) is 5.92 Å². The van der Waals surface area contributed by atoms with Gasteiger partial charge in [-0.3, -0.25) is 4.79 Å². The van der Waals surface area contributed by atoms with Crippen molar-refractivity contribution in [3.8, 4) is 0 Å². The van der Waals surface area contributed by atoms with Gasteiger partial charge in [0, 0.05) is 19.5 Å². The summed E-state index contributed by atoms with van der Waals surface area (Å²) in [6.45, 7) is 10.1. The number of rotatable bonds is 4. The van der Waals surface area contributed by atoms with E-state index in [0.717, 1.165) is 0 Å². The van der Waals surface area contributed by atoms with E-state index in [1.54, 1.807) is 11.0 Å². The fraction of sp³-hybridized carbons (Fsp3) is 0.692. The molecule has 1 heterocycles. The van der Waals surface area contributed by atoms with Gasteiger partial charge < -0.3 is 9.64 Å². The van der Waals surface area contributed by atoms with Gasteiger partial charge in [0.1, 0.15) is 11.4 Å². The summed E-state index contributed by atoms with van der Waals surface area (Å²) in [5.41, 5.74) is -0.477. The highest BCUT2D eigenvalue weighted by Crippen LogP contribution is 2.21. The number of ether oxygens (including phenoxy) is 1. The lowest BCUT2D eigenvalue weighted by molar-refractivity contribution is -0.127. The number of likely N-dealkylation sites (tertiary alicyclic amines) is 1. The summed E-state index contributed by atoms with van der Waals surface area (Å²) in [5.74, 6) is 0.201. The maximum atomic E-state index is 11.6. The van der Waals surface area contributed by atoms with Crippen LogP contribution in [-0.4, -0.2) is 35.5 Å². The summed E-state index contributed by atoms with van der Waals surface area (Å²) in [6.07, 6.45) is 2.64. The van der Waals surface area contributed by atoms with Crippen LogP contribution in [0.1, 0.15) is 33.6 Å².